The third-order valence-corrected chi connectivity index (χ3v) is 1.85. The molecule has 0 aliphatic heterocycles. The monoisotopic (exact) mass is 138 g/mol. The number of hydrogen-bond acceptors (Lipinski definition) is 2. The number of carbonyl (C=O) groups excluding carboxylic acids is 2. The molecule has 0 fully saturated rings. The average Bonchev–Trinajstić information content (AvgIpc) is 2.04. The highest BCUT2D eigenvalue weighted by atomic mass is 16.1. The van der Waals surface area contributed by atoms with Crippen molar-refractivity contribution in [1.82, 2.24) is 0 Å². The van der Waals surface area contributed by atoms with Gasteiger partial charge in [0.2, 0.25) is 0 Å². The van der Waals surface area contributed by atoms with Gasteiger partial charge in [0.25, 0.3) is 0 Å². The highest BCUT2D eigenvalue weighted by molar-refractivity contribution is 5.67. The maximum atomic E-state index is 10.3. The molecule has 0 radical (unpaired) electrons. The summed E-state index contributed by atoms with van der Waals surface area (Å²) in [5, 5.41) is 0. The molecule has 2 atom stereocenters. The third-order valence-electron chi connectivity index (χ3n) is 1.85. The lowest BCUT2D eigenvalue weighted by Gasteiger charge is -2.16. The fourth-order valence-electron chi connectivity index (χ4n) is 1.18. The van der Waals surface area contributed by atoms with Gasteiger partial charge < -0.3 is 9.59 Å². The fraction of sp³-hybridized carbons (Fsp3) is 0.500. The normalized spacial score (nSPS) is 31.6. The average molecular weight is 138 g/mol. The van der Waals surface area contributed by atoms with Crippen LogP contribution in [0.2, 0.25) is 0 Å². The van der Waals surface area contributed by atoms with Crippen LogP contribution >= 0.6 is 0 Å². The SMILES string of the molecule is O=CC1C=CCCC1C=O. The molecule has 0 N–H and O–H groups in total. The van der Waals surface area contributed by atoms with E-state index in [0.717, 1.165) is 25.4 Å². The van der Waals surface area contributed by atoms with Crippen molar-refractivity contribution in [2.75, 3.05) is 0 Å². The Bertz CT molecular complexity index is 161. The van der Waals surface area contributed by atoms with E-state index in [1.807, 2.05) is 12.2 Å². The van der Waals surface area contributed by atoms with Crippen molar-refractivity contribution < 1.29 is 9.59 Å². The Hall–Kier alpha value is -0.920. The Balaban J connectivity index is 2.64. The summed E-state index contributed by atoms with van der Waals surface area (Å²) >= 11 is 0. The van der Waals surface area contributed by atoms with E-state index in [1.165, 1.54) is 0 Å². The van der Waals surface area contributed by atoms with Crippen molar-refractivity contribution in [3.8, 4) is 0 Å². The zero-order valence-electron chi connectivity index (χ0n) is 5.69. The first-order valence-corrected chi connectivity index (χ1v) is 3.45. The summed E-state index contributed by atoms with van der Waals surface area (Å²) in [6.45, 7) is 0. The van der Waals surface area contributed by atoms with Gasteiger partial charge in [-0.25, -0.2) is 0 Å². The number of rotatable bonds is 2. The minimum atomic E-state index is -0.161. The summed E-state index contributed by atoms with van der Waals surface area (Å²) < 4.78 is 0. The van der Waals surface area contributed by atoms with Crippen LogP contribution in [0.3, 0.4) is 0 Å². The van der Waals surface area contributed by atoms with Crippen LogP contribution < -0.4 is 0 Å². The van der Waals surface area contributed by atoms with Crippen molar-refractivity contribution in [3.63, 3.8) is 0 Å². The standard InChI is InChI=1S/C8H10O2/c9-5-7-3-1-2-4-8(7)6-10/h1,3,5-8H,2,4H2. The lowest BCUT2D eigenvalue weighted by atomic mass is 9.86. The van der Waals surface area contributed by atoms with E-state index in [0.29, 0.717) is 0 Å². The predicted octanol–water partition coefficient (Wildman–Crippen LogP) is 0.967. The van der Waals surface area contributed by atoms with E-state index in [-0.39, 0.29) is 11.8 Å². The lowest BCUT2D eigenvalue weighted by Crippen LogP contribution is -2.17. The summed E-state index contributed by atoms with van der Waals surface area (Å²) in [7, 11) is 0. The number of carbonyl (C=O) groups is 2. The van der Waals surface area contributed by atoms with Crippen LogP contribution in [0.25, 0.3) is 0 Å². The molecule has 0 aromatic rings. The van der Waals surface area contributed by atoms with Crippen LogP contribution in [0.4, 0.5) is 0 Å². The van der Waals surface area contributed by atoms with Crippen molar-refractivity contribution in [2.45, 2.75) is 12.8 Å². The Morgan fingerprint density at radius 2 is 2.10 bits per heavy atom. The molecule has 10 heavy (non-hydrogen) atoms. The van der Waals surface area contributed by atoms with Gasteiger partial charge >= 0.3 is 0 Å². The molecule has 2 heteroatoms. The molecule has 0 amide bonds. The maximum absolute atomic E-state index is 10.3. The Kier molecular flexibility index (Phi) is 2.37. The van der Waals surface area contributed by atoms with E-state index < -0.39 is 0 Å². The summed E-state index contributed by atoms with van der Waals surface area (Å²) in [6, 6.07) is 0. The number of allylic oxidation sites excluding steroid dienone is 2. The van der Waals surface area contributed by atoms with Gasteiger partial charge in [0, 0.05) is 11.8 Å². The molecule has 0 aromatic heterocycles. The minimum absolute atomic E-state index is 0.0671. The van der Waals surface area contributed by atoms with Gasteiger partial charge in [-0.15, -0.1) is 0 Å². The largest absolute Gasteiger partial charge is 0.303 e. The van der Waals surface area contributed by atoms with E-state index >= 15 is 0 Å². The molecule has 2 nitrogen and oxygen atoms in total. The van der Waals surface area contributed by atoms with Gasteiger partial charge in [0.15, 0.2) is 0 Å². The molecular weight excluding hydrogens is 128 g/mol. The summed E-state index contributed by atoms with van der Waals surface area (Å²) in [6.07, 6.45) is 7.24. The first-order chi connectivity index (χ1) is 4.88. The fourth-order valence-corrected chi connectivity index (χ4v) is 1.18. The van der Waals surface area contributed by atoms with E-state index in [9.17, 15) is 9.59 Å². The molecule has 0 aromatic carbocycles. The van der Waals surface area contributed by atoms with E-state index in [2.05, 4.69) is 0 Å². The van der Waals surface area contributed by atoms with Gasteiger partial charge in [-0.1, -0.05) is 12.2 Å². The second kappa shape index (κ2) is 3.30. The van der Waals surface area contributed by atoms with Crippen LogP contribution in [-0.2, 0) is 9.59 Å². The van der Waals surface area contributed by atoms with Crippen molar-refractivity contribution in [3.05, 3.63) is 12.2 Å². The van der Waals surface area contributed by atoms with Crippen molar-refractivity contribution in [1.29, 1.82) is 0 Å². The maximum Gasteiger partial charge on any atom is 0.127 e. The minimum Gasteiger partial charge on any atom is -0.303 e. The first kappa shape index (κ1) is 7.19. The number of hydrogen-bond donors (Lipinski definition) is 0. The zero-order valence-corrected chi connectivity index (χ0v) is 5.69. The summed E-state index contributed by atoms with van der Waals surface area (Å²) in [5.74, 6) is -0.228. The quantitative estimate of drug-likeness (QED) is 0.421. The molecule has 0 bridgehead atoms. The molecule has 1 rings (SSSR count). The Labute approximate surface area is 59.9 Å². The Morgan fingerprint density at radius 1 is 1.30 bits per heavy atom. The first-order valence-electron chi connectivity index (χ1n) is 3.45. The second-order valence-corrected chi connectivity index (χ2v) is 2.52. The van der Waals surface area contributed by atoms with Gasteiger partial charge in [0.05, 0.1) is 0 Å². The van der Waals surface area contributed by atoms with Gasteiger partial charge in [-0.3, -0.25) is 0 Å². The lowest BCUT2D eigenvalue weighted by molar-refractivity contribution is -0.118. The zero-order chi connectivity index (χ0) is 7.40. The molecule has 1 aliphatic carbocycles. The van der Waals surface area contributed by atoms with Crippen molar-refractivity contribution >= 4 is 12.6 Å². The molecule has 0 spiro atoms. The topological polar surface area (TPSA) is 34.1 Å². The van der Waals surface area contributed by atoms with Gasteiger partial charge in [0.1, 0.15) is 12.6 Å². The number of aldehydes is 2. The van der Waals surface area contributed by atoms with E-state index in [1.54, 1.807) is 0 Å². The molecule has 0 heterocycles. The van der Waals surface area contributed by atoms with Gasteiger partial charge in [-0.05, 0) is 12.8 Å². The van der Waals surface area contributed by atoms with Crippen LogP contribution in [0.1, 0.15) is 12.8 Å². The van der Waals surface area contributed by atoms with Crippen LogP contribution in [-0.4, -0.2) is 12.6 Å². The van der Waals surface area contributed by atoms with Crippen LogP contribution in [0, 0.1) is 11.8 Å². The smallest absolute Gasteiger partial charge is 0.127 e. The van der Waals surface area contributed by atoms with Gasteiger partial charge in [-0.2, -0.15) is 0 Å². The van der Waals surface area contributed by atoms with Crippen LogP contribution in [0.15, 0.2) is 12.2 Å². The molecular formula is C8H10O2. The second-order valence-electron chi connectivity index (χ2n) is 2.52. The summed E-state index contributed by atoms with van der Waals surface area (Å²) in [5.41, 5.74) is 0. The highest BCUT2D eigenvalue weighted by Crippen LogP contribution is 2.20. The van der Waals surface area contributed by atoms with E-state index in [4.69, 9.17) is 0 Å². The summed E-state index contributed by atoms with van der Waals surface area (Å²) in [4.78, 5) is 20.7. The molecule has 54 valence electrons. The molecule has 0 saturated heterocycles. The predicted molar refractivity (Wildman–Crippen MR) is 37.5 cm³/mol. The molecule has 2 unspecified atom stereocenters. The molecule has 1 aliphatic rings. The van der Waals surface area contributed by atoms with Crippen molar-refractivity contribution in [2.24, 2.45) is 11.8 Å². The third kappa shape index (κ3) is 1.32. The Morgan fingerprint density at radius 3 is 2.60 bits per heavy atom. The molecule has 0 saturated carbocycles. The highest BCUT2D eigenvalue weighted by Gasteiger charge is 2.19. The van der Waals surface area contributed by atoms with Crippen LogP contribution in [0.5, 0.6) is 0 Å².